The fourth-order valence-corrected chi connectivity index (χ4v) is 2.42. The van der Waals surface area contributed by atoms with Crippen LogP contribution in [0.2, 0.25) is 0 Å². The van der Waals surface area contributed by atoms with Crippen molar-refractivity contribution in [2.45, 2.75) is 11.8 Å². The molecule has 1 aromatic carbocycles. The molecule has 0 aromatic heterocycles. The first-order chi connectivity index (χ1) is 9.15. The summed E-state index contributed by atoms with van der Waals surface area (Å²) in [5.41, 5.74) is 4.29. The van der Waals surface area contributed by atoms with Gasteiger partial charge in [-0.15, -0.1) is 0 Å². The van der Waals surface area contributed by atoms with Crippen molar-refractivity contribution < 1.29 is 33.1 Å². The number of carbonyl (C=O) groups is 2. The van der Waals surface area contributed by atoms with Crippen molar-refractivity contribution >= 4 is 21.9 Å². The molecule has 0 heterocycles. The Morgan fingerprint density at radius 3 is 2.50 bits per heavy atom. The van der Waals surface area contributed by atoms with Crippen LogP contribution in [0, 0.1) is 6.92 Å². The molecule has 110 valence electrons. The molecule has 0 saturated heterocycles. The number of carboxylic acid groups (broad SMARTS) is 1. The van der Waals surface area contributed by atoms with Gasteiger partial charge in [0.2, 0.25) is 5.91 Å². The van der Waals surface area contributed by atoms with Crippen molar-refractivity contribution in [2.75, 3.05) is 6.61 Å². The van der Waals surface area contributed by atoms with E-state index in [0.717, 1.165) is 12.1 Å². The third-order valence-electron chi connectivity index (χ3n) is 2.20. The van der Waals surface area contributed by atoms with E-state index in [1.165, 1.54) is 6.92 Å². The first kappa shape index (κ1) is 15.9. The molecule has 0 aliphatic heterocycles. The molecule has 0 aliphatic rings. The average molecular weight is 304 g/mol. The van der Waals surface area contributed by atoms with Crippen LogP contribution in [0.5, 0.6) is 5.75 Å². The lowest BCUT2D eigenvalue weighted by Gasteiger charge is -2.10. The zero-order chi connectivity index (χ0) is 15.5. The van der Waals surface area contributed by atoms with Crippen LogP contribution in [0.4, 0.5) is 0 Å². The van der Waals surface area contributed by atoms with Gasteiger partial charge in [0.1, 0.15) is 17.9 Å². The first-order valence-electron chi connectivity index (χ1n) is 5.14. The highest BCUT2D eigenvalue weighted by molar-refractivity contribution is 7.89. The van der Waals surface area contributed by atoms with E-state index < -0.39 is 44.7 Å². The smallest absolute Gasteiger partial charge is 0.339 e. The van der Waals surface area contributed by atoms with E-state index in [1.807, 2.05) is 0 Å². The maximum Gasteiger partial charge on any atom is 0.339 e. The summed E-state index contributed by atoms with van der Waals surface area (Å²) in [6, 6.07) is 1.77. The van der Waals surface area contributed by atoms with Gasteiger partial charge in [0.25, 0.3) is 10.0 Å². The Balaban J connectivity index is 3.14. The van der Waals surface area contributed by atoms with E-state index in [-0.39, 0.29) is 5.56 Å². The summed E-state index contributed by atoms with van der Waals surface area (Å²) >= 11 is 0. The van der Waals surface area contributed by atoms with Gasteiger partial charge in [0.15, 0.2) is 0 Å². The van der Waals surface area contributed by atoms with Crippen molar-refractivity contribution in [2.24, 2.45) is 5.73 Å². The Morgan fingerprint density at radius 2 is 2.00 bits per heavy atom. The van der Waals surface area contributed by atoms with Crippen molar-refractivity contribution in [3.8, 4) is 5.75 Å². The zero-order valence-corrected chi connectivity index (χ0v) is 11.1. The minimum atomic E-state index is -4.21. The number of carboxylic acids is 1. The normalized spacial score (nSPS) is 11.2. The second-order valence-electron chi connectivity index (χ2n) is 3.78. The second kappa shape index (κ2) is 5.86. The number of aryl methyl sites for hydroxylation is 1. The minimum absolute atomic E-state index is 0.0997. The van der Waals surface area contributed by atoms with Crippen LogP contribution >= 0.6 is 0 Å². The number of amides is 1. The Morgan fingerprint density at radius 1 is 1.40 bits per heavy atom. The molecule has 0 atom stereocenters. The first-order valence-corrected chi connectivity index (χ1v) is 6.62. The number of aromatic hydroxyl groups is 1. The number of sulfonamides is 1. The third kappa shape index (κ3) is 3.66. The molecule has 0 fully saturated rings. The van der Waals surface area contributed by atoms with E-state index >= 15 is 0 Å². The van der Waals surface area contributed by atoms with Gasteiger partial charge >= 0.3 is 5.97 Å². The molecular formula is C10H12N2O7S. The fraction of sp³-hybridized carbons (Fsp3) is 0.200. The lowest BCUT2D eigenvalue weighted by Crippen LogP contribution is -2.30. The summed E-state index contributed by atoms with van der Waals surface area (Å²) in [7, 11) is -4.21. The molecule has 0 aliphatic carbocycles. The summed E-state index contributed by atoms with van der Waals surface area (Å²) in [5, 5.41) is 18.2. The maximum atomic E-state index is 11.9. The average Bonchev–Trinajstić information content (AvgIpc) is 2.26. The summed E-state index contributed by atoms with van der Waals surface area (Å²) in [4.78, 5) is 26.9. The number of primary amides is 1. The lowest BCUT2D eigenvalue weighted by molar-refractivity contribution is -0.123. The Hall–Kier alpha value is -2.17. The van der Waals surface area contributed by atoms with Gasteiger partial charge in [-0.25, -0.2) is 13.2 Å². The molecule has 0 unspecified atom stereocenters. The van der Waals surface area contributed by atoms with Gasteiger partial charge < -0.3 is 15.9 Å². The monoisotopic (exact) mass is 304 g/mol. The lowest BCUT2D eigenvalue weighted by atomic mass is 10.1. The maximum absolute atomic E-state index is 11.9. The standard InChI is InChI=1S/C10H12N2O7S/c1-5-2-7(13)6(10(15)16)3-8(5)20(17,18)12-19-4-9(11)14/h2-3,12-13H,4H2,1H3,(H2,11,14)(H,15,16). The van der Waals surface area contributed by atoms with E-state index in [4.69, 9.17) is 10.8 Å². The van der Waals surface area contributed by atoms with Crippen LogP contribution in [0.1, 0.15) is 15.9 Å². The third-order valence-corrected chi connectivity index (χ3v) is 3.55. The van der Waals surface area contributed by atoms with Crippen molar-refractivity contribution in [1.29, 1.82) is 0 Å². The second-order valence-corrected chi connectivity index (χ2v) is 5.40. The number of nitrogens with one attached hydrogen (secondary N) is 1. The topological polar surface area (TPSA) is 156 Å². The van der Waals surface area contributed by atoms with Crippen LogP contribution in [0.3, 0.4) is 0 Å². The van der Waals surface area contributed by atoms with E-state index in [1.54, 1.807) is 4.89 Å². The predicted octanol–water partition coefficient (Wildman–Crippen LogP) is -0.906. The number of phenols is 1. The number of aromatic carboxylic acids is 1. The van der Waals surface area contributed by atoms with Crippen LogP contribution in [0.15, 0.2) is 17.0 Å². The number of benzene rings is 1. The highest BCUT2D eigenvalue weighted by Gasteiger charge is 2.22. The zero-order valence-electron chi connectivity index (χ0n) is 10.3. The molecule has 1 rings (SSSR count). The van der Waals surface area contributed by atoms with Gasteiger partial charge in [-0.05, 0) is 24.6 Å². The number of hydrogen-bond donors (Lipinski definition) is 4. The van der Waals surface area contributed by atoms with Gasteiger partial charge in [0, 0.05) is 0 Å². The van der Waals surface area contributed by atoms with Crippen LogP contribution < -0.4 is 10.6 Å². The highest BCUT2D eigenvalue weighted by Crippen LogP contribution is 2.25. The summed E-state index contributed by atoms with van der Waals surface area (Å²) in [5.74, 6) is -2.94. The molecule has 10 heteroatoms. The summed E-state index contributed by atoms with van der Waals surface area (Å²) in [6.45, 7) is 0.677. The van der Waals surface area contributed by atoms with E-state index in [0.29, 0.717) is 0 Å². The quantitative estimate of drug-likeness (QED) is 0.496. The van der Waals surface area contributed by atoms with E-state index in [2.05, 4.69) is 4.84 Å². The molecule has 0 spiro atoms. The van der Waals surface area contributed by atoms with Crippen molar-refractivity contribution in [1.82, 2.24) is 4.89 Å². The van der Waals surface area contributed by atoms with Crippen LogP contribution in [-0.2, 0) is 19.7 Å². The predicted molar refractivity (Wildman–Crippen MR) is 65.3 cm³/mol. The molecule has 0 saturated carbocycles. The number of carbonyl (C=O) groups excluding carboxylic acids is 1. The molecular weight excluding hydrogens is 292 g/mol. The van der Waals surface area contributed by atoms with Crippen LogP contribution in [0.25, 0.3) is 0 Å². The van der Waals surface area contributed by atoms with Gasteiger partial charge in [0.05, 0.1) is 4.90 Å². The van der Waals surface area contributed by atoms with Crippen LogP contribution in [-0.4, -0.2) is 37.1 Å². The van der Waals surface area contributed by atoms with Crippen molar-refractivity contribution in [3.63, 3.8) is 0 Å². The number of rotatable bonds is 6. The largest absolute Gasteiger partial charge is 0.507 e. The van der Waals surface area contributed by atoms with Gasteiger partial charge in [-0.1, -0.05) is 4.89 Å². The molecule has 9 nitrogen and oxygen atoms in total. The van der Waals surface area contributed by atoms with Gasteiger partial charge in [-0.3, -0.25) is 9.63 Å². The fourth-order valence-electron chi connectivity index (χ4n) is 1.36. The minimum Gasteiger partial charge on any atom is -0.507 e. The Labute approximate surface area is 114 Å². The summed E-state index contributed by atoms with van der Waals surface area (Å²) < 4.78 is 23.7. The molecule has 0 radical (unpaired) electrons. The number of hydrogen-bond acceptors (Lipinski definition) is 6. The Bertz CT molecular complexity index is 654. The van der Waals surface area contributed by atoms with Gasteiger partial charge in [-0.2, -0.15) is 0 Å². The highest BCUT2D eigenvalue weighted by atomic mass is 32.2. The molecule has 20 heavy (non-hydrogen) atoms. The Kier molecular flexibility index (Phi) is 4.65. The van der Waals surface area contributed by atoms with E-state index in [9.17, 15) is 23.1 Å². The van der Waals surface area contributed by atoms with Crippen molar-refractivity contribution in [3.05, 3.63) is 23.3 Å². The number of nitrogens with two attached hydrogens (primary N) is 1. The SMILES string of the molecule is Cc1cc(O)c(C(=O)O)cc1S(=O)(=O)NOCC(N)=O. The summed E-state index contributed by atoms with van der Waals surface area (Å²) in [6.07, 6.45) is 0. The molecule has 1 amide bonds. The molecule has 5 N–H and O–H groups in total. The molecule has 0 bridgehead atoms. The molecule has 1 aromatic rings.